The largest absolute Gasteiger partial charge is 0.246 e. The van der Waals surface area contributed by atoms with Gasteiger partial charge in [0.2, 0.25) is 10.0 Å². The molecule has 1 saturated heterocycles. The molecular weight excluding hydrogens is 344 g/mol. The summed E-state index contributed by atoms with van der Waals surface area (Å²) < 4.78 is 40.5. The number of nitrogens with zero attached hydrogens (tertiary/aromatic N) is 1. The molecule has 8 heteroatoms. The molecule has 3 nitrogen and oxygen atoms in total. The molecule has 0 radical (unpaired) electrons. The number of halogens is 3. The molecule has 1 unspecified atom stereocenters. The predicted molar refractivity (Wildman–Crippen MR) is 81.6 cm³/mol. The first kappa shape index (κ1) is 16.4. The molecule has 0 saturated carbocycles. The zero-order chi connectivity index (χ0) is 14.9. The van der Waals surface area contributed by atoms with Gasteiger partial charge in [-0.15, -0.1) is 11.6 Å². The van der Waals surface area contributed by atoms with Gasteiger partial charge in [-0.3, -0.25) is 0 Å². The third kappa shape index (κ3) is 3.09. The first-order valence-electron chi connectivity index (χ1n) is 5.97. The third-order valence-corrected chi connectivity index (χ3v) is 6.86. The van der Waals surface area contributed by atoms with E-state index in [0.717, 1.165) is 24.0 Å². The highest BCUT2D eigenvalue weighted by molar-refractivity contribution is 7.99. The Balaban J connectivity index is 2.45. The van der Waals surface area contributed by atoms with Crippen molar-refractivity contribution in [3.63, 3.8) is 0 Å². The summed E-state index contributed by atoms with van der Waals surface area (Å²) in [5.74, 6) is 0.690. The van der Waals surface area contributed by atoms with Gasteiger partial charge < -0.3 is 0 Å². The highest BCUT2D eigenvalue weighted by atomic mass is 35.5. The fraction of sp³-hybridized carbons (Fsp3) is 0.500. The van der Waals surface area contributed by atoms with Crippen LogP contribution in [0.2, 0.25) is 5.02 Å². The van der Waals surface area contributed by atoms with Gasteiger partial charge in [0, 0.05) is 29.4 Å². The second-order valence-corrected chi connectivity index (χ2v) is 8.37. The molecule has 112 valence electrons. The Hall–Kier alpha value is -0.0100. The van der Waals surface area contributed by atoms with Gasteiger partial charge in [0.05, 0.1) is 5.88 Å². The quantitative estimate of drug-likeness (QED) is 0.775. The molecule has 0 amide bonds. The van der Waals surface area contributed by atoms with Gasteiger partial charge in [0.15, 0.2) is 0 Å². The molecule has 2 rings (SSSR count). The average Bonchev–Trinajstić information content (AvgIpc) is 2.93. The van der Waals surface area contributed by atoms with Crippen LogP contribution in [0, 0.1) is 5.82 Å². The fourth-order valence-corrected chi connectivity index (χ4v) is 5.44. The van der Waals surface area contributed by atoms with E-state index in [4.69, 9.17) is 23.2 Å². The SMILES string of the molecule is CN(C1CCSC1)S(=O)(=O)c1cc(Cl)cc(CCl)c1F. The highest BCUT2D eigenvalue weighted by Crippen LogP contribution is 2.30. The van der Waals surface area contributed by atoms with Gasteiger partial charge in [-0.05, 0) is 24.3 Å². The molecule has 0 aromatic heterocycles. The molecule has 1 fully saturated rings. The van der Waals surface area contributed by atoms with Crippen molar-refractivity contribution in [2.24, 2.45) is 0 Å². The second-order valence-electron chi connectivity index (χ2n) is 4.55. The first-order chi connectivity index (χ1) is 9.37. The third-order valence-electron chi connectivity index (χ3n) is 3.30. The van der Waals surface area contributed by atoms with E-state index in [1.54, 1.807) is 11.8 Å². The fourth-order valence-electron chi connectivity index (χ4n) is 2.06. The summed E-state index contributed by atoms with van der Waals surface area (Å²) in [6, 6.07) is 2.37. The Morgan fingerprint density at radius 1 is 1.50 bits per heavy atom. The summed E-state index contributed by atoms with van der Waals surface area (Å²) in [6.45, 7) is 0. The Kier molecular flexibility index (Phi) is 5.24. The van der Waals surface area contributed by atoms with Crippen LogP contribution in [0.3, 0.4) is 0 Å². The van der Waals surface area contributed by atoms with Crippen molar-refractivity contribution in [2.45, 2.75) is 23.2 Å². The van der Waals surface area contributed by atoms with E-state index in [1.165, 1.54) is 17.4 Å². The van der Waals surface area contributed by atoms with Crippen molar-refractivity contribution in [1.82, 2.24) is 4.31 Å². The summed E-state index contributed by atoms with van der Waals surface area (Å²) in [5, 5.41) is 0.162. The molecule has 1 aliphatic rings. The maximum atomic E-state index is 14.2. The summed E-state index contributed by atoms with van der Waals surface area (Å²) in [4.78, 5) is -0.403. The molecule has 0 bridgehead atoms. The monoisotopic (exact) mass is 357 g/mol. The van der Waals surface area contributed by atoms with E-state index < -0.39 is 20.7 Å². The first-order valence-corrected chi connectivity index (χ1v) is 9.48. The smallest absolute Gasteiger partial charge is 0.207 e. The molecule has 1 aromatic rings. The number of hydrogen-bond acceptors (Lipinski definition) is 3. The normalized spacial score (nSPS) is 19.8. The Labute approximate surface area is 132 Å². The number of hydrogen-bond donors (Lipinski definition) is 0. The minimum atomic E-state index is -3.91. The van der Waals surface area contributed by atoms with Crippen LogP contribution in [-0.2, 0) is 15.9 Å². The van der Waals surface area contributed by atoms with Crippen molar-refractivity contribution in [3.8, 4) is 0 Å². The number of benzene rings is 1. The molecule has 1 heterocycles. The van der Waals surface area contributed by atoms with Crippen molar-refractivity contribution < 1.29 is 12.8 Å². The van der Waals surface area contributed by atoms with E-state index in [2.05, 4.69) is 0 Å². The van der Waals surface area contributed by atoms with E-state index >= 15 is 0 Å². The average molecular weight is 358 g/mol. The van der Waals surface area contributed by atoms with Crippen LogP contribution >= 0.6 is 35.0 Å². The number of rotatable bonds is 4. The van der Waals surface area contributed by atoms with Crippen LogP contribution in [-0.4, -0.2) is 37.3 Å². The van der Waals surface area contributed by atoms with Crippen LogP contribution in [0.15, 0.2) is 17.0 Å². The minimum Gasteiger partial charge on any atom is -0.207 e. The van der Waals surface area contributed by atoms with Crippen molar-refractivity contribution >= 4 is 45.0 Å². The molecule has 0 spiro atoms. The summed E-state index contributed by atoms with van der Waals surface area (Å²) in [6.07, 6.45) is 0.769. The van der Waals surface area contributed by atoms with Crippen molar-refractivity contribution in [1.29, 1.82) is 0 Å². The van der Waals surface area contributed by atoms with Gasteiger partial charge in [0.25, 0.3) is 0 Å². The summed E-state index contributed by atoms with van der Waals surface area (Å²) >= 11 is 13.2. The lowest BCUT2D eigenvalue weighted by Gasteiger charge is -2.23. The highest BCUT2D eigenvalue weighted by Gasteiger charge is 2.33. The number of alkyl halides is 1. The Bertz CT molecular complexity index is 604. The molecule has 0 N–H and O–H groups in total. The van der Waals surface area contributed by atoms with Crippen molar-refractivity contribution in [3.05, 3.63) is 28.5 Å². The Morgan fingerprint density at radius 3 is 2.75 bits per heavy atom. The topological polar surface area (TPSA) is 37.4 Å². The molecule has 1 atom stereocenters. The molecular formula is C12H14Cl2FNO2S2. The standard InChI is InChI=1S/C12H14Cl2FNO2S2/c1-16(10-2-3-19-7-10)20(17,18)11-5-9(14)4-8(6-13)12(11)15/h4-5,10H,2-3,6-7H2,1H3. The van der Waals surface area contributed by atoms with Crippen LogP contribution in [0.4, 0.5) is 4.39 Å². The van der Waals surface area contributed by atoms with Gasteiger partial charge >= 0.3 is 0 Å². The van der Waals surface area contributed by atoms with Crippen LogP contribution < -0.4 is 0 Å². The zero-order valence-electron chi connectivity index (χ0n) is 10.8. The van der Waals surface area contributed by atoms with Gasteiger partial charge in [-0.2, -0.15) is 16.1 Å². The second kappa shape index (κ2) is 6.40. The summed E-state index contributed by atoms with van der Waals surface area (Å²) in [5.41, 5.74) is 0.0898. The lowest BCUT2D eigenvalue weighted by Crippen LogP contribution is -2.37. The number of sulfonamides is 1. The lowest BCUT2D eigenvalue weighted by atomic mass is 10.2. The van der Waals surface area contributed by atoms with Crippen LogP contribution in [0.25, 0.3) is 0 Å². The van der Waals surface area contributed by atoms with Crippen LogP contribution in [0.5, 0.6) is 0 Å². The maximum Gasteiger partial charge on any atom is 0.246 e. The van der Waals surface area contributed by atoms with E-state index in [-0.39, 0.29) is 22.5 Å². The maximum absolute atomic E-state index is 14.2. The minimum absolute atomic E-state index is 0.0898. The van der Waals surface area contributed by atoms with Crippen LogP contribution in [0.1, 0.15) is 12.0 Å². The number of thioether (sulfide) groups is 1. The Morgan fingerprint density at radius 2 is 2.20 bits per heavy atom. The van der Waals surface area contributed by atoms with E-state index in [0.29, 0.717) is 0 Å². The van der Waals surface area contributed by atoms with E-state index in [9.17, 15) is 12.8 Å². The van der Waals surface area contributed by atoms with E-state index in [1.807, 2.05) is 0 Å². The van der Waals surface area contributed by atoms with Crippen molar-refractivity contribution in [2.75, 3.05) is 18.6 Å². The molecule has 20 heavy (non-hydrogen) atoms. The van der Waals surface area contributed by atoms with Gasteiger partial charge in [-0.1, -0.05) is 11.6 Å². The molecule has 1 aromatic carbocycles. The lowest BCUT2D eigenvalue weighted by molar-refractivity contribution is 0.391. The molecule has 0 aliphatic carbocycles. The zero-order valence-corrected chi connectivity index (χ0v) is 13.9. The molecule has 1 aliphatic heterocycles. The predicted octanol–water partition coefficient (Wildman–Crippen LogP) is 3.34. The van der Waals surface area contributed by atoms with Gasteiger partial charge in [-0.25, -0.2) is 12.8 Å². The van der Waals surface area contributed by atoms with Gasteiger partial charge in [0.1, 0.15) is 10.7 Å². The summed E-state index contributed by atoms with van der Waals surface area (Å²) in [7, 11) is -2.43.